The zero-order valence-electron chi connectivity index (χ0n) is 31.7. The van der Waals surface area contributed by atoms with Crippen molar-refractivity contribution in [3.8, 4) is 33.6 Å². The highest BCUT2D eigenvalue weighted by Crippen LogP contribution is 2.41. The van der Waals surface area contributed by atoms with E-state index in [4.69, 9.17) is 9.97 Å². The Balaban J connectivity index is 1.06. The maximum atomic E-state index is 5.46. The van der Waals surface area contributed by atoms with Crippen molar-refractivity contribution in [3.63, 3.8) is 0 Å². The number of hydrogen-bond donors (Lipinski definition) is 0. The third-order valence-corrected chi connectivity index (χ3v) is 10.6. The van der Waals surface area contributed by atoms with Crippen LogP contribution in [0.2, 0.25) is 0 Å². The number of rotatable bonds is 9. The third-order valence-electron chi connectivity index (χ3n) is 10.6. The molecule has 1 heterocycles. The Morgan fingerprint density at radius 2 is 0.690 bits per heavy atom. The fourth-order valence-electron chi connectivity index (χ4n) is 7.81. The molecule has 9 aromatic carbocycles. The summed E-state index contributed by atoms with van der Waals surface area (Å²) in [5.41, 5.74) is 14.1. The van der Waals surface area contributed by atoms with Gasteiger partial charge in [-0.05, 0) is 101 Å². The molecule has 0 saturated carbocycles. The first-order valence-corrected chi connectivity index (χ1v) is 19.6. The van der Waals surface area contributed by atoms with Crippen molar-refractivity contribution in [2.24, 2.45) is 0 Å². The molecule has 10 rings (SSSR count). The molecule has 0 fully saturated rings. The summed E-state index contributed by atoms with van der Waals surface area (Å²) in [4.78, 5) is 15.4. The van der Waals surface area contributed by atoms with Crippen molar-refractivity contribution in [1.82, 2.24) is 9.97 Å². The molecule has 4 nitrogen and oxygen atoms in total. The van der Waals surface area contributed by atoms with Gasteiger partial charge in [0.1, 0.15) is 0 Å². The first-order valence-electron chi connectivity index (χ1n) is 19.6. The summed E-state index contributed by atoms with van der Waals surface area (Å²) in [6.45, 7) is 0. The first-order chi connectivity index (χ1) is 28.8. The normalized spacial score (nSPS) is 11.1. The second-order valence-corrected chi connectivity index (χ2v) is 14.3. The van der Waals surface area contributed by atoms with Gasteiger partial charge in [-0.25, -0.2) is 9.97 Å². The minimum Gasteiger partial charge on any atom is -0.311 e. The van der Waals surface area contributed by atoms with Gasteiger partial charge in [0, 0.05) is 50.8 Å². The minimum absolute atomic E-state index is 0.844. The Morgan fingerprint density at radius 1 is 0.276 bits per heavy atom. The van der Waals surface area contributed by atoms with Crippen molar-refractivity contribution >= 4 is 55.9 Å². The molecular formula is C54H38N4. The first kappa shape index (κ1) is 34.7. The second kappa shape index (κ2) is 15.4. The Kier molecular flexibility index (Phi) is 9.18. The maximum Gasteiger partial charge on any atom is 0.0973 e. The Bertz CT molecular complexity index is 2930. The van der Waals surface area contributed by atoms with Gasteiger partial charge in [-0.3, -0.25) is 0 Å². The third kappa shape index (κ3) is 6.74. The molecular weight excluding hydrogens is 705 g/mol. The minimum atomic E-state index is 0.844. The van der Waals surface area contributed by atoms with Crippen LogP contribution in [0.5, 0.6) is 0 Å². The Morgan fingerprint density at radius 3 is 1.24 bits per heavy atom. The quantitative estimate of drug-likeness (QED) is 0.147. The predicted molar refractivity (Wildman–Crippen MR) is 243 cm³/mol. The van der Waals surface area contributed by atoms with Gasteiger partial charge >= 0.3 is 0 Å². The van der Waals surface area contributed by atoms with E-state index in [-0.39, 0.29) is 0 Å². The smallest absolute Gasteiger partial charge is 0.0973 e. The van der Waals surface area contributed by atoms with Crippen molar-refractivity contribution in [2.75, 3.05) is 9.80 Å². The van der Waals surface area contributed by atoms with Gasteiger partial charge in [0.15, 0.2) is 0 Å². The van der Waals surface area contributed by atoms with Gasteiger partial charge in [-0.1, -0.05) is 146 Å². The summed E-state index contributed by atoms with van der Waals surface area (Å²) < 4.78 is 0. The topological polar surface area (TPSA) is 32.3 Å². The van der Waals surface area contributed by atoms with Crippen LogP contribution >= 0.6 is 0 Å². The number of nitrogens with zero attached hydrogens (tertiary/aromatic N) is 4. The molecule has 0 bridgehead atoms. The molecule has 1 aromatic heterocycles. The van der Waals surface area contributed by atoms with E-state index in [1.165, 1.54) is 10.8 Å². The van der Waals surface area contributed by atoms with E-state index in [1.54, 1.807) is 0 Å². The number of benzene rings is 9. The zero-order chi connectivity index (χ0) is 38.7. The zero-order valence-corrected chi connectivity index (χ0v) is 31.7. The van der Waals surface area contributed by atoms with Crippen LogP contribution in [0.25, 0.3) is 55.4 Å². The summed E-state index contributed by atoms with van der Waals surface area (Å²) in [7, 11) is 0. The average molecular weight is 743 g/mol. The molecule has 0 unspecified atom stereocenters. The summed E-state index contributed by atoms with van der Waals surface area (Å²) in [6, 6.07) is 80.8. The maximum absolute atomic E-state index is 5.46. The number of aromatic nitrogens is 2. The largest absolute Gasteiger partial charge is 0.311 e. The molecule has 4 heteroatoms. The van der Waals surface area contributed by atoms with Crippen LogP contribution in [0.1, 0.15) is 0 Å². The monoisotopic (exact) mass is 742 g/mol. The second-order valence-electron chi connectivity index (χ2n) is 14.3. The van der Waals surface area contributed by atoms with Crippen molar-refractivity contribution in [3.05, 3.63) is 231 Å². The number of hydrogen-bond acceptors (Lipinski definition) is 4. The molecule has 0 amide bonds. The molecule has 274 valence electrons. The van der Waals surface area contributed by atoms with E-state index < -0.39 is 0 Å². The molecule has 0 N–H and O–H groups in total. The highest BCUT2D eigenvalue weighted by Gasteiger charge is 2.19. The SMILES string of the molecule is c1ccc(-c2nc3cccc(-c4ccc5ccccc5c4)c3nc2-c2ccc(N(c3ccccc3)c3ccc(N(c4ccccc4)c4ccccc4)cc3)cc2)cc1. The van der Waals surface area contributed by atoms with Crippen LogP contribution in [0.15, 0.2) is 231 Å². The summed E-state index contributed by atoms with van der Waals surface area (Å²) in [5.74, 6) is 0. The van der Waals surface area contributed by atoms with Crippen LogP contribution < -0.4 is 9.80 Å². The van der Waals surface area contributed by atoms with E-state index in [0.29, 0.717) is 0 Å². The highest BCUT2D eigenvalue weighted by atomic mass is 15.2. The molecule has 0 aliphatic rings. The standard InChI is InChI=1S/C54H38N4/c1-5-17-40(18-6-1)52-53(56-54-50(26-15-27-51(54)55-52)43-29-28-39-16-13-14-19-42(39)38-43)41-30-32-47(33-31-41)58(46-24-11-4-12-25-46)49-36-34-48(35-37-49)57(44-20-7-2-8-21-44)45-22-9-3-10-23-45/h1-38H. The van der Waals surface area contributed by atoms with Crippen LogP contribution in [-0.4, -0.2) is 9.97 Å². The van der Waals surface area contributed by atoms with Gasteiger partial charge in [-0.15, -0.1) is 0 Å². The predicted octanol–water partition coefficient (Wildman–Crippen LogP) is 14.7. The lowest BCUT2D eigenvalue weighted by Gasteiger charge is -2.28. The molecule has 10 aromatic rings. The van der Waals surface area contributed by atoms with E-state index in [9.17, 15) is 0 Å². The van der Waals surface area contributed by atoms with Crippen molar-refractivity contribution in [1.29, 1.82) is 0 Å². The van der Waals surface area contributed by atoms with E-state index >= 15 is 0 Å². The molecule has 0 spiro atoms. The lowest BCUT2D eigenvalue weighted by atomic mass is 9.98. The van der Waals surface area contributed by atoms with Crippen molar-refractivity contribution in [2.45, 2.75) is 0 Å². The van der Waals surface area contributed by atoms with Crippen LogP contribution in [0.4, 0.5) is 34.1 Å². The molecule has 58 heavy (non-hydrogen) atoms. The van der Waals surface area contributed by atoms with E-state index in [1.807, 2.05) is 6.07 Å². The van der Waals surface area contributed by atoms with Gasteiger partial charge in [0.05, 0.1) is 22.4 Å². The molecule has 0 aliphatic carbocycles. The van der Waals surface area contributed by atoms with Gasteiger partial charge in [0.25, 0.3) is 0 Å². The van der Waals surface area contributed by atoms with E-state index in [0.717, 1.165) is 78.8 Å². The van der Waals surface area contributed by atoms with Crippen LogP contribution in [-0.2, 0) is 0 Å². The fourth-order valence-corrected chi connectivity index (χ4v) is 7.81. The lowest BCUT2D eigenvalue weighted by molar-refractivity contribution is 1.25. The number of para-hydroxylation sites is 4. The fraction of sp³-hybridized carbons (Fsp3) is 0. The van der Waals surface area contributed by atoms with Crippen LogP contribution in [0.3, 0.4) is 0 Å². The summed E-state index contributed by atoms with van der Waals surface area (Å²) >= 11 is 0. The molecule has 0 saturated heterocycles. The van der Waals surface area contributed by atoms with Crippen molar-refractivity contribution < 1.29 is 0 Å². The van der Waals surface area contributed by atoms with E-state index in [2.05, 4.69) is 234 Å². The number of anilines is 6. The molecule has 0 aliphatic heterocycles. The molecule has 0 radical (unpaired) electrons. The lowest BCUT2D eigenvalue weighted by Crippen LogP contribution is -2.12. The van der Waals surface area contributed by atoms with Gasteiger partial charge in [-0.2, -0.15) is 0 Å². The van der Waals surface area contributed by atoms with Crippen LogP contribution in [0, 0.1) is 0 Å². The number of fused-ring (bicyclic) bond motifs is 2. The molecule has 0 atom stereocenters. The summed E-state index contributed by atoms with van der Waals surface area (Å²) in [5, 5.41) is 2.41. The summed E-state index contributed by atoms with van der Waals surface area (Å²) in [6.07, 6.45) is 0. The average Bonchev–Trinajstić information content (AvgIpc) is 3.30. The highest BCUT2D eigenvalue weighted by molar-refractivity contribution is 5.98. The Labute approximate surface area is 338 Å². The van der Waals surface area contributed by atoms with Gasteiger partial charge < -0.3 is 9.80 Å². The van der Waals surface area contributed by atoms with Gasteiger partial charge in [0.2, 0.25) is 0 Å². The Hall–Kier alpha value is -7.82.